The fourth-order valence-corrected chi connectivity index (χ4v) is 1.78. The molecule has 18 heavy (non-hydrogen) atoms. The topological polar surface area (TPSA) is 64.6 Å². The number of anilines is 1. The number of nitrogens with one attached hydrogen (secondary N) is 1. The number of carbonyl (C=O) groups excluding carboxylic acids is 2. The normalized spacial score (nSPS) is 13.0. The molecule has 96 valence electrons. The molecule has 1 aromatic carbocycles. The molecule has 0 spiro atoms. The SMILES string of the molecule is CC(=O)CC(=O)Nc1cc2c(cc1Cl)OCCO2. The summed E-state index contributed by atoms with van der Waals surface area (Å²) in [7, 11) is 0. The fourth-order valence-electron chi connectivity index (χ4n) is 1.58. The molecule has 1 heterocycles. The van der Waals surface area contributed by atoms with E-state index in [-0.39, 0.29) is 12.2 Å². The Balaban J connectivity index is 2.18. The van der Waals surface area contributed by atoms with Crippen LogP contribution in [0.2, 0.25) is 5.02 Å². The van der Waals surface area contributed by atoms with Gasteiger partial charge in [0, 0.05) is 12.1 Å². The average Bonchev–Trinajstić information content (AvgIpc) is 2.29. The second kappa shape index (κ2) is 5.27. The zero-order valence-electron chi connectivity index (χ0n) is 9.79. The largest absolute Gasteiger partial charge is 0.486 e. The first-order valence-electron chi connectivity index (χ1n) is 5.44. The van der Waals surface area contributed by atoms with Gasteiger partial charge in [-0.1, -0.05) is 11.6 Å². The number of benzene rings is 1. The number of halogens is 1. The van der Waals surface area contributed by atoms with E-state index in [1.54, 1.807) is 12.1 Å². The van der Waals surface area contributed by atoms with Gasteiger partial charge >= 0.3 is 0 Å². The molecule has 0 atom stereocenters. The van der Waals surface area contributed by atoms with Gasteiger partial charge in [-0.15, -0.1) is 0 Å². The molecule has 0 saturated heterocycles. The standard InChI is InChI=1S/C12H12ClNO4/c1-7(15)4-12(16)14-9-6-11-10(5-8(9)13)17-2-3-18-11/h5-6H,2-4H2,1H3,(H,14,16). The van der Waals surface area contributed by atoms with Crippen LogP contribution in [0.3, 0.4) is 0 Å². The van der Waals surface area contributed by atoms with Crippen molar-refractivity contribution in [1.82, 2.24) is 0 Å². The summed E-state index contributed by atoms with van der Waals surface area (Å²) in [6, 6.07) is 3.17. The molecule has 1 aliphatic rings. The van der Waals surface area contributed by atoms with E-state index in [0.717, 1.165) is 0 Å². The molecular formula is C12H12ClNO4. The molecule has 5 nitrogen and oxygen atoms in total. The van der Waals surface area contributed by atoms with Crippen LogP contribution in [0.1, 0.15) is 13.3 Å². The number of Topliss-reactive ketones (excluding diaryl/α,β-unsaturated/α-hetero) is 1. The van der Waals surface area contributed by atoms with E-state index in [1.807, 2.05) is 0 Å². The van der Waals surface area contributed by atoms with Gasteiger partial charge in [0.15, 0.2) is 11.5 Å². The van der Waals surface area contributed by atoms with Crippen LogP contribution in [-0.4, -0.2) is 24.9 Å². The van der Waals surface area contributed by atoms with Crippen molar-refractivity contribution < 1.29 is 19.1 Å². The van der Waals surface area contributed by atoms with Crippen LogP contribution in [0.4, 0.5) is 5.69 Å². The van der Waals surface area contributed by atoms with E-state index >= 15 is 0 Å². The van der Waals surface area contributed by atoms with Crippen LogP contribution in [0, 0.1) is 0 Å². The number of carbonyl (C=O) groups is 2. The Morgan fingerprint density at radius 3 is 2.50 bits per heavy atom. The monoisotopic (exact) mass is 269 g/mol. The van der Waals surface area contributed by atoms with Crippen molar-refractivity contribution in [2.45, 2.75) is 13.3 Å². The summed E-state index contributed by atoms with van der Waals surface area (Å²) in [6.07, 6.45) is -0.176. The zero-order chi connectivity index (χ0) is 13.1. The molecule has 0 radical (unpaired) electrons. The summed E-state index contributed by atoms with van der Waals surface area (Å²) in [5.41, 5.74) is 0.409. The van der Waals surface area contributed by atoms with E-state index in [1.165, 1.54) is 6.92 Å². The van der Waals surface area contributed by atoms with E-state index in [4.69, 9.17) is 21.1 Å². The third-order valence-corrected chi connectivity index (χ3v) is 2.63. The maximum atomic E-state index is 11.5. The number of fused-ring (bicyclic) bond motifs is 1. The van der Waals surface area contributed by atoms with Gasteiger partial charge in [-0.2, -0.15) is 0 Å². The minimum Gasteiger partial charge on any atom is -0.486 e. The minimum atomic E-state index is -0.402. The quantitative estimate of drug-likeness (QED) is 0.853. The molecule has 6 heteroatoms. The lowest BCUT2D eigenvalue weighted by Crippen LogP contribution is -2.17. The summed E-state index contributed by atoms with van der Waals surface area (Å²) in [6.45, 7) is 2.28. The van der Waals surface area contributed by atoms with Gasteiger partial charge in [-0.05, 0) is 6.92 Å². The lowest BCUT2D eigenvalue weighted by atomic mass is 10.2. The Morgan fingerprint density at radius 2 is 1.89 bits per heavy atom. The van der Waals surface area contributed by atoms with Crippen LogP contribution in [0.15, 0.2) is 12.1 Å². The van der Waals surface area contributed by atoms with Gasteiger partial charge in [-0.3, -0.25) is 9.59 Å². The van der Waals surface area contributed by atoms with Crippen molar-refractivity contribution in [3.05, 3.63) is 17.2 Å². The van der Waals surface area contributed by atoms with Crippen molar-refractivity contribution in [2.75, 3.05) is 18.5 Å². The number of rotatable bonds is 3. The predicted octanol–water partition coefficient (Wildman–Crippen LogP) is 2.03. The molecule has 0 saturated carbocycles. The highest BCUT2D eigenvalue weighted by Crippen LogP contribution is 2.37. The van der Waals surface area contributed by atoms with E-state index in [0.29, 0.717) is 35.4 Å². The molecule has 1 aromatic rings. The second-order valence-corrected chi connectivity index (χ2v) is 4.31. The molecule has 2 rings (SSSR count). The number of hydrogen-bond acceptors (Lipinski definition) is 4. The van der Waals surface area contributed by atoms with Crippen molar-refractivity contribution in [3.63, 3.8) is 0 Å². The maximum Gasteiger partial charge on any atom is 0.231 e. The summed E-state index contributed by atoms with van der Waals surface area (Å²) in [5.74, 6) is 0.474. The highest BCUT2D eigenvalue weighted by atomic mass is 35.5. The molecule has 0 aromatic heterocycles. The Hall–Kier alpha value is -1.75. The summed E-state index contributed by atoms with van der Waals surface area (Å²) < 4.78 is 10.7. The maximum absolute atomic E-state index is 11.5. The van der Waals surface area contributed by atoms with Crippen LogP contribution < -0.4 is 14.8 Å². The first kappa shape index (κ1) is 12.7. The average molecular weight is 270 g/mol. The van der Waals surface area contributed by atoms with Gasteiger partial charge in [0.05, 0.1) is 17.1 Å². The lowest BCUT2D eigenvalue weighted by molar-refractivity contribution is -0.124. The molecule has 0 fully saturated rings. The van der Waals surface area contributed by atoms with Crippen molar-refractivity contribution in [1.29, 1.82) is 0 Å². The number of ketones is 1. The fraction of sp³-hybridized carbons (Fsp3) is 0.333. The smallest absolute Gasteiger partial charge is 0.231 e. The Kier molecular flexibility index (Phi) is 3.72. The summed E-state index contributed by atoms with van der Waals surface area (Å²) >= 11 is 6.01. The third kappa shape index (κ3) is 2.92. The van der Waals surface area contributed by atoms with Crippen LogP contribution in [-0.2, 0) is 9.59 Å². The number of ether oxygens (including phenoxy) is 2. The van der Waals surface area contributed by atoms with Gasteiger partial charge in [0.25, 0.3) is 0 Å². The van der Waals surface area contributed by atoms with Crippen molar-refractivity contribution in [2.24, 2.45) is 0 Å². The van der Waals surface area contributed by atoms with E-state index in [2.05, 4.69) is 5.32 Å². The molecule has 0 unspecified atom stereocenters. The van der Waals surface area contributed by atoms with Gasteiger partial charge in [0.2, 0.25) is 5.91 Å². The zero-order valence-corrected chi connectivity index (χ0v) is 10.5. The summed E-state index contributed by atoms with van der Waals surface area (Å²) in [4.78, 5) is 22.3. The van der Waals surface area contributed by atoms with Crippen LogP contribution in [0.25, 0.3) is 0 Å². The Labute approximate surface area is 109 Å². The highest BCUT2D eigenvalue weighted by Gasteiger charge is 2.16. The first-order chi connectivity index (χ1) is 8.56. The number of hydrogen-bond donors (Lipinski definition) is 1. The first-order valence-corrected chi connectivity index (χ1v) is 5.82. The molecule has 0 aliphatic carbocycles. The Morgan fingerprint density at radius 1 is 1.28 bits per heavy atom. The summed E-state index contributed by atoms with van der Waals surface area (Å²) in [5, 5.41) is 2.91. The van der Waals surface area contributed by atoms with E-state index in [9.17, 15) is 9.59 Å². The van der Waals surface area contributed by atoms with Crippen LogP contribution >= 0.6 is 11.6 Å². The Bertz CT molecular complexity index is 501. The second-order valence-electron chi connectivity index (χ2n) is 3.90. The molecule has 1 N–H and O–H groups in total. The van der Waals surface area contributed by atoms with Crippen molar-refractivity contribution in [3.8, 4) is 11.5 Å². The van der Waals surface area contributed by atoms with Gasteiger partial charge in [-0.25, -0.2) is 0 Å². The highest BCUT2D eigenvalue weighted by molar-refractivity contribution is 6.34. The number of amides is 1. The molecule has 0 bridgehead atoms. The van der Waals surface area contributed by atoms with E-state index < -0.39 is 5.91 Å². The third-order valence-electron chi connectivity index (χ3n) is 2.32. The van der Waals surface area contributed by atoms with Gasteiger partial charge in [0.1, 0.15) is 19.0 Å². The van der Waals surface area contributed by atoms with Crippen molar-refractivity contribution >= 4 is 29.0 Å². The molecule has 1 aliphatic heterocycles. The van der Waals surface area contributed by atoms with Crippen LogP contribution in [0.5, 0.6) is 11.5 Å². The molecule has 1 amide bonds. The van der Waals surface area contributed by atoms with Gasteiger partial charge < -0.3 is 14.8 Å². The minimum absolute atomic E-state index is 0.176. The lowest BCUT2D eigenvalue weighted by Gasteiger charge is -2.19. The predicted molar refractivity (Wildman–Crippen MR) is 66.4 cm³/mol. The molecular weight excluding hydrogens is 258 g/mol.